The predicted molar refractivity (Wildman–Crippen MR) is 143 cm³/mol. The lowest BCUT2D eigenvalue weighted by molar-refractivity contribution is -0.137. The maximum Gasteiger partial charge on any atom is 0.417 e. The van der Waals surface area contributed by atoms with Gasteiger partial charge in [-0.25, -0.2) is 8.42 Å². The van der Waals surface area contributed by atoms with Crippen LogP contribution in [0.15, 0.2) is 118 Å². The van der Waals surface area contributed by atoms with Gasteiger partial charge in [0.15, 0.2) is 0 Å². The van der Waals surface area contributed by atoms with E-state index in [1.807, 2.05) is 30.3 Å². The van der Waals surface area contributed by atoms with Crippen molar-refractivity contribution in [3.05, 3.63) is 114 Å². The van der Waals surface area contributed by atoms with Gasteiger partial charge < -0.3 is 5.32 Å². The van der Waals surface area contributed by atoms with Gasteiger partial charge in [-0.3, -0.25) is 9.10 Å². The number of nitrogens with one attached hydrogen (secondary N) is 1. The molecule has 0 aliphatic rings. The molecule has 0 bridgehead atoms. The van der Waals surface area contributed by atoms with Crippen molar-refractivity contribution >= 4 is 50.7 Å². The van der Waals surface area contributed by atoms with E-state index in [0.717, 1.165) is 17.0 Å². The molecule has 0 fully saturated rings. The number of alkyl halides is 3. The van der Waals surface area contributed by atoms with Gasteiger partial charge in [0.2, 0.25) is 5.91 Å². The van der Waals surface area contributed by atoms with E-state index < -0.39 is 39.2 Å². The first kappa shape index (κ1) is 27.6. The summed E-state index contributed by atoms with van der Waals surface area (Å²) in [5.41, 5.74) is -1.14. The molecule has 5 nitrogen and oxygen atoms in total. The van der Waals surface area contributed by atoms with Crippen molar-refractivity contribution < 1.29 is 26.4 Å². The van der Waals surface area contributed by atoms with Crippen LogP contribution >= 0.6 is 23.4 Å². The van der Waals surface area contributed by atoms with Crippen molar-refractivity contribution in [2.24, 2.45) is 0 Å². The van der Waals surface area contributed by atoms with Crippen LogP contribution in [0, 0.1) is 0 Å². The smallest absolute Gasteiger partial charge is 0.323 e. The summed E-state index contributed by atoms with van der Waals surface area (Å²) in [6.45, 7) is -0.777. The van der Waals surface area contributed by atoms with Gasteiger partial charge in [0.05, 0.1) is 26.9 Å². The van der Waals surface area contributed by atoms with Crippen molar-refractivity contribution in [2.45, 2.75) is 20.9 Å². The number of halogens is 4. The van der Waals surface area contributed by atoms with E-state index in [1.165, 1.54) is 36.0 Å². The fraction of sp³-hybridized carbons (Fsp3) is 0.0741. The molecular weight excluding hydrogens is 557 g/mol. The van der Waals surface area contributed by atoms with E-state index in [0.29, 0.717) is 21.0 Å². The molecule has 0 heterocycles. The van der Waals surface area contributed by atoms with Crippen LogP contribution in [0.25, 0.3) is 0 Å². The molecule has 0 unspecified atom stereocenters. The summed E-state index contributed by atoms with van der Waals surface area (Å²) < 4.78 is 68.3. The van der Waals surface area contributed by atoms with Gasteiger partial charge in [-0.15, -0.1) is 0 Å². The molecule has 0 aromatic heterocycles. The molecule has 0 saturated heterocycles. The average Bonchev–Trinajstić information content (AvgIpc) is 2.89. The van der Waals surface area contributed by atoms with Gasteiger partial charge >= 0.3 is 6.18 Å². The van der Waals surface area contributed by atoms with Crippen LogP contribution < -0.4 is 9.62 Å². The third kappa shape index (κ3) is 6.50. The van der Waals surface area contributed by atoms with Crippen molar-refractivity contribution in [2.75, 3.05) is 16.2 Å². The Labute approximate surface area is 227 Å². The summed E-state index contributed by atoms with van der Waals surface area (Å²) in [4.78, 5) is 14.6. The number of benzene rings is 4. The predicted octanol–water partition coefficient (Wildman–Crippen LogP) is 7.34. The summed E-state index contributed by atoms with van der Waals surface area (Å²) in [7, 11) is -4.42. The number of nitrogens with zero attached hydrogens (tertiary/aromatic N) is 1. The minimum absolute atomic E-state index is 0.184. The van der Waals surface area contributed by atoms with Gasteiger partial charge in [0, 0.05) is 9.79 Å². The second kappa shape index (κ2) is 11.5. The zero-order valence-corrected chi connectivity index (χ0v) is 21.9. The molecule has 11 heteroatoms. The molecule has 4 rings (SSSR count). The summed E-state index contributed by atoms with van der Waals surface area (Å²) in [6.07, 6.45) is -4.83. The highest BCUT2D eigenvalue weighted by atomic mass is 35.5. The molecule has 1 N–H and O–H groups in total. The highest BCUT2D eigenvalue weighted by molar-refractivity contribution is 7.99. The molecule has 1 amide bonds. The Morgan fingerprint density at radius 3 is 2.13 bits per heavy atom. The number of carbonyl (C=O) groups is 1. The van der Waals surface area contributed by atoms with Crippen LogP contribution in [0.4, 0.5) is 24.5 Å². The fourth-order valence-corrected chi connectivity index (χ4v) is 6.10. The normalized spacial score (nSPS) is 11.7. The monoisotopic (exact) mass is 576 g/mol. The molecule has 0 saturated carbocycles. The largest absolute Gasteiger partial charge is 0.417 e. The van der Waals surface area contributed by atoms with E-state index in [9.17, 15) is 26.4 Å². The summed E-state index contributed by atoms with van der Waals surface area (Å²) in [6, 6.07) is 26.2. The Hall–Kier alpha value is -3.47. The molecule has 196 valence electrons. The van der Waals surface area contributed by atoms with Crippen LogP contribution in [-0.4, -0.2) is 20.9 Å². The van der Waals surface area contributed by atoms with Crippen molar-refractivity contribution in [3.63, 3.8) is 0 Å². The summed E-state index contributed by atoms with van der Waals surface area (Å²) in [5.74, 6) is -0.742. The number of amides is 1. The van der Waals surface area contributed by atoms with Gasteiger partial charge in [0.25, 0.3) is 10.0 Å². The van der Waals surface area contributed by atoms with Gasteiger partial charge in [-0.05, 0) is 54.6 Å². The number of carbonyl (C=O) groups excluding carboxylic acids is 1. The fourth-order valence-electron chi connectivity index (χ4n) is 3.51. The number of hydrogen-bond donors (Lipinski definition) is 1. The third-order valence-corrected chi connectivity index (χ3v) is 8.50. The van der Waals surface area contributed by atoms with Crippen LogP contribution in [0.5, 0.6) is 0 Å². The third-order valence-electron chi connectivity index (χ3n) is 5.29. The van der Waals surface area contributed by atoms with E-state index in [4.69, 9.17) is 11.6 Å². The van der Waals surface area contributed by atoms with E-state index in [-0.39, 0.29) is 10.6 Å². The Morgan fingerprint density at radius 2 is 1.47 bits per heavy atom. The quantitative estimate of drug-likeness (QED) is 0.238. The Kier molecular flexibility index (Phi) is 8.35. The number of sulfonamides is 1. The molecular formula is C27H20ClF3N2O3S2. The second-order valence-corrected chi connectivity index (χ2v) is 11.3. The summed E-state index contributed by atoms with van der Waals surface area (Å²) in [5, 5.41) is 2.11. The van der Waals surface area contributed by atoms with Crippen molar-refractivity contribution in [3.8, 4) is 0 Å². The lowest BCUT2D eigenvalue weighted by Gasteiger charge is -2.25. The van der Waals surface area contributed by atoms with Crippen LogP contribution in [0.1, 0.15) is 5.56 Å². The van der Waals surface area contributed by atoms with Crippen LogP contribution in [0.3, 0.4) is 0 Å². The molecule has 4 aromatic carbocycles. The van der Waals surface area contributed by atoms with Crippen LogP contribution in [0.2, 0.25) is 5.02 Å². The SMILES string of the molecule is O=C(CN(c1ccc(Cl)c(C(F)(F)F)c1)S(=O)(=O)c1ccccc1)Nc1ccccc1Sc1ccccc1. The highest BCUT2D eigenvalue weighted by Crippen LogP contribution is 2.38. The molecule has 38 heavy (non-hydrogen) atoms. The molecule has 0 aliphatic heterocycles. The first-order valence-electron chi connectivity index (χ1n) is 11.1. The lowest BCUT2D eigenvalue weighted by atomic mass is 10.2. The molecule has 0 atom stereocenters. The Bertz CT molecular complexity index is 1530. The number of anilines is 2. The number of hydrogen-bond acceptors (Lipinski definition) is 4. The Balaban J connectivity index is 1.68. The maximum atomic E-state index is 13.6. The molecule has 0 aliphatic carbocycles. The minimum atomic E-state index is -4.83. The zero-order valence-electron chi connectivity index (χ0n) is 19.5. The maximum absolute atomic E-state index is 13.6. The van der Waals surface area contributed by atoms with E-state index >= 15 is 0 Å². The van der Waals surface area contributed by atoms with Crippen molar-refractivity contribution in [1.82, 2.24) is 0 Å². The van der Waals surface area contributed by atoms with Crippen LogP contribution in [-0.2, 0) is 21.0 Å². The minimum Gasteiger partial charge on any atom is -0.323 e. The number of para-hydroxylation sites is 1. The second-order valence-electron chi connectivity index (χ2n) is 7.95. The first-order chi connectivity index (χ1) is 18.1. The van der Waals surface area contributed by atoms with Gasteiger partial charge in [0.1, 0.15) is 6.54 Å². The average molecular weight is 577 g/mol. The number of rotatable bonds is 8. The summed E-state index contributed by atoms with van der Waals surface area (Å²) >= 11 is 7.14. The van der Waals surface area contributed by atoms with Gasteiger partial charge in [-0.1, -0.05) is 71.9 Å². The standard InChI is InChI=1S/C27H20ClF3N2O3S2/c28-23-16-15-19(17-22(23)27(29,30)31)33(38(35,36)21-11-5-2-6-12-21)18-26(34)32-24-13-7-8-14-25(24)37-20-9-3-1-4-10-20/h1-17H,18H2,(H,32,34). The zero-order chi connectivity index (χ0) is 27.3. The molecule has 4 aromatic rings. The van der Waals surface area contributed by atoms with Gasteiger partial charge in [-0.2, -0.15) is 13.2 Å². The van der Waals surface area contributed by atoms with E-state index in [1.54, 1.807) is 30.3 Å². The highest BCUT2D eigenvalue weighted by Gasteiger charge is 2.35. The molecule has 0 spiro atoms. The van der Waals surface area contributed by atoms with Crippen molar-refractivity contribution in [1.29, 1.82) is 0 Å². The Morgan fingerprint density at radius 1 is 0.868 bits per heavy atom. The first-order valence-corrected chi connectivity index (χ1v) is 13.8. The lowest BCUT2D eigenvalue weighted by Crippen LogP contribution is -2.38. The topological polar surface area (TPSA) is 66.5 Å². The molecule has 0 radical (unpaired) electrons. The van der Waals surface area contributed by atoms with E-state index in [2.05, 4.69) is 5.32 Å².